The van der Waals surface area contributed by atoms with Crippen LogP contribution in [0.2, 0.25) is 0 Å². The molecule has 0 radical (unpaired) electrons. The molecule has 0 bridgehead atoms. The first-order valence-corrected chi connectivity index (χ1v) is 6.37. The molecule has 0 saturated heterocycles. The molecular weight excluding hydrogens is 220 g/mol. The molecule has 1 aromatic heterocycles. The quantitative estimate of drug-likeness (QED) is 0.850. The number of nitrogen functional groups attached to an aromatic ring is 1. The molecule has 90 valence electrons. The third-order valence-corrected chi connectivity index (χ3v) is 3.97. The molecule has 0 aliphatic carbocycles. The van der Waals surface area contributed by atoms with E-state index in [2.05, 4.69) is 26.1 Å². The zero-order chi connectivity index (χ0) is 12.3. The smallest absolute Gasteiger partial charge is 0.261 e. The van der Waals surface area contributed by atoms with E-state index in [0.29, 0.717) is 28.9 Å². The fourth-order valence-electron chi connectivity index (χ4n) is 1.18. The lowest BCUT2D eigenvalue weighted by Crippen LogP contribution is -2.29. The molecule has 1 heterocycles. The van der Waals surface area contributed by atoms with E-state index in [0.717, 1.165) is 4.88 Å². The second kappa shape index (κ2) is 5.34. The van der Waals surface area contributed by atoms with Gasteiger partial charge in [0.2, 0.25) is 0 Å². The van der Waals surface area contributed by atoms with E-state index in [1.165, 1.54) is 11.3 Å². The molecule has 1 rings (SSSR count). The molecule has 0 fully saturated rings. The fourth-order valence-corrected chi connectivity index (χ4v) is 2.04. The number of aryl methyl sites for hydroxylation is 1. The third-order valence-electron chi connectivity index (χ3n) is 2.90. The van der Waals surface area contributed by atoms with E-state index in [9.17, 15) is 4.79 Å². The van der Waals surface area contributed by atoms with Crippen molar-refractivity contribution in [3.63, 3.8) is 0 Å². The van der Waals surface area contributed by atoms with Gasteiger partial charge in [-0.15, -0.1) is 11.3 Å². The summed E-state index contributed by atoms with van der Waals surface area (Å²) in [5.41, 5.74) is 6.41. The lowest BCUT2D eigenvalue weighted by atomic mass is 9.98. The molecule has 0 saturated carbocycles. The Kier molecular flexibility index (Phi) is 4.35. The number of hydrogen-bond donors (Lipinski definition) is 2. The average molecular weight is 240 g/mol. The first kappa shape index (κ1) is 13.0. The molecule has 3 nitrogen and oxygen atoms in total. The van der Waals surface area contributed by atoms with Crippen LogP contribution < -0.4 is 11.1 Å². The maximum absolute atomic E-state index is 11.8. The summed E-state index contributed by atoms with van der Waals surface area (Å²) in [6.45, 7) is 9.09. The number of thiophene rings is 1. The minimum absolute atomic E-state index is 0.0164. The Morgan fingerprint density at radius 3 is 2.56 bits per heavy atom. The van der Waals surface area contributed by atoms with Gasteiger partial charge >= 0.3 is 0 Å². The molecule has 0 aromatic carbocycles. The van der Waals surface area contributed by atoms with Crippen molar-refractivity contribution in [2.75, 3.05) is 12.3 Å². The monoisotopic (exact) mass is 240 g/mol. The highest BCUT2D eigenvalue weighted by Gasteiger charge is 2.13. The maximum atomic E-state index is 11.8. The predicted octanol–water partition coefficient (Wildman–Crippen LogP) is 2.66. The van der Waals surface area contributed by atoms with Gasteiger partial charge in [-0.25, -0.2) is 0 Å². The van der Waals surface area contributed by atoms with Crippen LogP contribution in [0.4, 0.5) is 5.69 Å². The predicted molar refractivity (Wildman–Crippen MR) is 69.8 cm³/mol. The van der Waals surface area contributed by atoms with Crippen LogP contribution in [0.25, 0.3) is 0 Å². The van der Waals surface area contributed by atoms with Crippen molar-refractivity contribution in [3.05, 3.63) is 15.8 Å². The summed E-state index contributed by atoms with van der Waals surface area (Å²) in [6.07, 6.45) is 0. The Hall–Kier alpha value is -1.03. The number of rotatable bonds is 4. The van der Waals surface area contributed by atoms with Gasteiger partial charge in [-0.3, -0.25) is 4.79 Å². The molecule has 0 aliphatic rings. The van der Waals surface area contributed by atoms with Crippen LogP contribution >= 0.6 is 11.3 Å². The lowest BCUT2D eigenvalue weighted by Gasteiger charge is -2.15. The zero-order valence-electron chi connectivity index (χ0n) is 10.3. The van der Waals surface area contributed by atoms with E-state index in [1.807, 2.05) is 6.92 Å². The molecule has 1 unspecified atom stereocenters. The van der Waals surface area contributed by atoms with Gasteiger partial charge in [-0.05, 0) is 24.8 Å². The van der Waals surface area contributed by atoms with Crippen LogP contribution in [-0.4, -0.2) is 12.5 Å². The summed E-state index contributed by atoms with van der Waals surface area (Å²) < 4.78 is 0. The van der Waals surface area contributed by atoms with Crippen LogP contribution in [0.3, 0.4) is 0 Å². The van der Waals surface area contributed by atoms with Crippen LogP contribution in [-0.2, 0) is 0 Å². The average Bonchev–Trinajstić information content (AvgIpc) is 2.55. The molecule has 4 heteroatoms. The summed E-state index contributed by atoms with van der Waals surface area (Å²) in [4.78, 5) is 13.5. The van der Waals surface area contributed by atoms with Gasteiger partial charge in [-0.1, -0.05) is 20.8 Å². The minimum Gasteiger partial charge on any atom is -0.398 e. The van der Waals surface area contributed by atoms with Crippen molar-refractivity contribution in [2.24, 2.45) is 11.8 Å². The summed E-state index contributed by atoms with van der Waals surface area (Å²) in [6, 6.07) is 1.75. The Labute approximate surface area is 101 Å². The second-order valence-corrected chi connectivity index (χ2v) is 5.81. The first-order chi connectivity index (χ1) is 7.41. The molecule has 0 aliphatic heterocycles. The second-order valence-electron chi connectivity index (χ2n) is 4.55. The van der Waals surface area contributed by atoms with E-state index in [4.69, 9.17) is 5.73 Å². The molecule has 1 atom stereocenters. The Morgan fingerprint density at radius 1 is 1.50 bits per heavy atom. The number of nitrogens with one attached hydrogen (secondary N) is 1. The van der Waals surface area contributed by atoms with E-state index >= 15 is 0 Å². The minimum atomic E-state index is -0.0164. The number of nitrogens with two attached hydrogens (primary N) is 1. The Balaban J connectivity index is 2.53. The standard InChI is InChI=1S/C12H20N2OS/c1-7(2)8(3)6-14-12(15)11-5-10(13)9(4)16-11/h5,7-8H,6,13H2,1-4H3,(H,14,15). The topological polar surface area (TPSA) is 55.1 Å². The van der Waals surface area contributed by atoms with Gasteiger partial charge in [0.15, 0.2) is 0 Å². The van der Waals surface area contributed by atoms with Crippen molar-refractivity contribution < 1.29 is 4.79 Å². The summed E-state index contributed by atoms with van der Waals surface area (Å²) in [5, 5.41) is 2.94. The summed E-state index contributed by atoms with van der Waals surface area (Å²) >= 11 is 1.45. The highest BCUT2D eigenvalue weighted by atomic mass is 32.1. The SMILES string of the molecule is Cc1sc(C(=O)NCC(C)C(C)C)cc1N. The highest BCUT2D eigenvalue weighted by molar-refractivity contribution is 7.14. The number of carbonyl (C=O) groups excluding carboxylic acids is 1. The Morgan fingerprint density at radius 2 is 2.12 bits per heavy atom. The van der Waals surface area contributed by atoms with Gasteiger partial charge in [0, 0.05) is 17.1 Å². The fraction of sp³-hybridized carbons (Fsp3) is 0.583. The summed E-state index contributed by atoms with van der Waals surface area (Å²) in [5.74, 6) is 1.05. The van der Waals surface area contributed by atoms with E-state index in [1.54, 1.807) is 6.07 Å². The molecule has 16 heavy (non-hydrogen) atoms. The van der Waals surface area contributed by atoms with Crippen molar-refractivity contribution in [2.45, 2.75) is 27.7 Å². The normalized spacial score (nSPS) is 12.8. The number of hydrogen-bond acceptors (Lipinski definition) is 3. The summed E-state index contributed by atoms with van der Waals surface area (Å²) in [7, 11) is 0. The first-order valence-electron chi connectivity index (χ1n) is 5.56. The third kappa shape index (κ3) is 3.23. The molecule has 1 aromatic rings. The van der Waals surface area contributed by atoms with Crippen molar-refractivity contribution >= 4 is 22.9 Å². The maximum Gasteiger partial charge on any atom is 0.261 e. The van der Waals surface area contributed by atoms with Gasteiger partial charge in [0.05, 0.1) is 4.88 Å². The van der Waals surface area contributed by atoms with E-state index in [-0.39, 0.29) is 5.91 Å². The Bertz CT molecular complexity index is 352. The van der Waals surface area contributed by atoms with Crippen LogP contribution in [0.1, 0.15) is 35.3 Å². The van der Waals surface area contributed by atoms with Gasteiger partial charge in [0.1, 0.15) is 0 Å². The molecule has 3 N–H and O–H groups in total. The number of amides is 1. The van der Waals surface area contributed by atoms with Gasteiger partial charge < -0.3 is 11.1 Å². The number of carbonyl (C=O) groups is 1. The van der Waals surface area contributed by atoms with Gasteiger partial charge in [-0.2, -0.15) is 0 Å². The number of anilines is 1. The van der Waals surface area contributed by atoms with Crippen LogP contribution in [0.15, 0.2) is 6.07 Å². The lowest BCUT2D eigenvalue weighted by molar-refractivity contribution is 0.0949. The largest absolute Gasteiger partial charge is 0.398 e. The van der Waals surface area contributed by atoms with Gasteiger partial charge in [0.25, 0.3) is 5.91 Å². The van der Waals surface area contributed by atoms with Crippen molar-refractivity contribution in [1.29, 1.82) is 0 Å². The highest BCUT2D eigenvalue weighted by Crippen LogP contribution is 2.23. The molecule has 1 amide bonds. The van der Waals surface area contributed by atoms with Crippen LogP contribution in [0, 0.1) is 18.8 Å². The van der Waals surface area contributed by atoms with Crippen LogP contribution in [0.5, 0.6) is 0 Å². The molecule has 0 spiro atoms. The zero-order valence-corrected chi connectivity index (χ0v) is 11.1. The molecular formula is C12H20N2OS. The van der Waals surface area contributed by atoms with Crippen molar-refractivity contribution in [3.8, 4) is 0 Å². The van der Waals surface area contributed by atoms with Crippen molar-refractivity contribution in [1.82, 2.24) is 5.32 Å². The van der Waals surface area contributed by atoms with E-state index < -0.39 is 0 Å².